The molecule has 0 radical (unpaired) electrons. The van der Waals surface area contributed by atoms with Crippen LogP contribution < -0.4 is 11.1 Å². The van der Waals surface area contributed by atoms with E-state index < -0.39 is 0 Å². The van der Waals surface area contributed by atoms with Crippen molar-refractivity contribution in [2.45, 2.75) is 63.1 Å². The number of nitrogens with zero attached hydrogens (tertiary/aromatic N) is 1. The molecule has 2 fully saturated rings. The number of piperidine rings is 1. The van der Waals surface area contributed by atoms with Gasteiger partial charge in [0.15, 0.2) is 0 Å². The average molecular weight is 225 g/mol. The number of likely N-dealkylation sites (tertiary alicyclic amines) is 1. The van der Waals surface area contributed by atoms with Crippen LogP contribution in [0.25, 0.3) is 0 Å². The van der Waals surface area contributed by atoms with Crippen molar-refractivity contribution in [1.82, 2.24) is 10.2 Å². The van der Waals surface area contributed by atoms with E-state index in [0.717, 1.165) is 12.1 Å². The maximum absolute atomic E-state index is 5.92. The van der Waals surface area contributed by atoms with Gasteiger partial charge in [0.2, 0.25) is 0 Å². The monoisotopic (exact) mass is 225 g/mol. The number of nitrogens with one attached hydrogen (secondary N) is 1. The Kier molecular flexibility index (Phi) is 4.62. The van der Waals surface area contributed by atoms with Crippen LogP contribution in [0.4, 0.5) is 0 Å². The zero-order valence-corrected chi connectivity index (χ0v) is 10.6. The second-order valence-corrected chi connectivity index (χ2v) is 5.65. The van der Waals surface area contributed by atoms with Gasteiger partial charge in [-0.25, -0.2) is 0 Å². The Labute approximate surface area is 99.8 Å². The van der Waals surface area contributed by atoms with Crippen molar-refractivity contribution in [3.8, 4) is 0 Å². The molecule has 3 heteroatoms. The van der Waals surface area contributed by atoms with Crippen molar-refractivity contribution in [1.29, 1.82) is 0 Å². The third kappa shape index (κ3) is 3.44. The SMILES string of the molecule is CN1CCCCC1CNC1CCC(N)CC1. The number of hydrogen-bond donors (Lipinski definition) is 2. The molecule has 1 saturated heterocycles. The lowest BCUT2D eigenvalue weighted by Crippen LogP contribution is -2.47. The van der Waals surface area contributed by atoms with E-state index in [1.807, 2.05) is 0 Å². The van der Waals surface area contributed by atoms with Crippen molar-refractivity contribution in [3.05, 3.63) is 0 Å². The van der Waals surface area contributed by atoms with Gasteiger partial charge in [0.25, 0.3) is 0 Å². The van der Waals surface area contributed by atoms with Crippen LogP contribution in [0.15, 0.2) is 0 Å². The topological polar surface area (TPSA) is 41.3 Å². The first-order valence-corrected chi connectivity index (χ1v) is 6.95. The minimum absolute atomic E-state index is 0.468. The number of rotatable bonds is 3. The Morgan fingerprint density at radius 1 is 1.12 bits per heavy atom. The average Bonchev–Trinajstić information content (AvgIpc) is 2.30. The molecule has 2 aliphatic rings. The molecule has 0 spiro atoms. The van der Waals surface area contributed by atoms with Crippen LogP contribution in [-0.2, 0) is 0 Å². The van der Waals surface area contributed by atoms with E-state index >= 15 is 0 Å². The maximum Gasteiger partial charge on any atom is 0.0217 e. The van der Waals surface area contributed by atoms with Gasteiger partial charge in [0.05, 0.1) is 0 Å². The van der Waals surface area contributed by atoms with Gasteiger partial charge in [0, 0.05) is 24.7 Å². The van der Waals surface area contributed by atoms with E-state index in [1.165, 1.54) is 58.0 Å². The molecule has 0 aromatic rings. The maximum atomic E-state index is 5.92. The fourth-order valence-electron chi connectivity index (χ4n) is 3.03. The Morgan fingerprint density at radius 3 is 2.56 bits per heavy atom. The van der Waals surface area contributed by atoms with Crippen LogP contribution in [0.3, 0.4) is 0 Å². The van der Waals surface area contributed by atoms with Crippen molar-refractivity contribution in [2.24, 2.45) is 5.73 Å². The van der Waals surface area contributed by atoms with Gasteiger partial charge >= 0.3 is 0 Å². The van der Waals surface area contributed by atoms with Crippen molar-refractivity contribution >= 4 is 0 Å². The van der Waals surface area contributed by atoms with Crippen molar-refractivity contribution in [2.75, 3.05) is 20.1 Å². The predicted molar refractivity (Wildman–Crippen MR) is 68.5 cm³/mol. The van der Waals surface area contributed by atoms with E-state index in [4.69, 9.17) is 5.73 Å². The van der Waals surface area contributed by atoms with Crippen LogP contribution in [-0.4, -0.2) is 43.2 Å². The summed E-state index contributed by atoms with van der Waals surface area (Å²) in [5.74, 6) is 0. The molecule has 0 amide bonds. The highest BCUT2D eigenvalue weighted by Crippen LogP contribution is 2.18. The molecule has 0 aromatic carbocycles. The highest BCUT2D eigenvalue weighted by Gasteiger charge is 2.22. The Balaban J connectivity index is 1.66. The molecule has 94 valence electrons. The van der Waals surface area contributed by atoms with Crippen LogP contribution in [0.5, 0.6) is 0 Å². The fourth-order valence-corrected chi connectivity index (χ4v) is 3.03. The van der Waals surface area contributed by atoms with Crippen molar-refractivity contribution in [3.63, 3.8) is 0 Å². The summed E-state index contributed by atoms with van der Waals surface area (Å²) in [4.78, 5) is 2.52. The summed E-state index contributed by atoms with van der Waals surface area (Å²) in [5, 5.41) is 3.75. The molecular formula is C13H27N3. The van der Waals surface area contributed by atoms with E-state index in [1.54, 1.807) is 0 Å². The molecular weight excluding hydrogens is 198 g/mol. The Bertz CT molecular complexity index is 199. The first-order chi connectivity index (χ1) is 7.75. The lowest BCUT2D eigenvalue weighted by molar-refractivity contribution is 0.173. The molecule has 1 aliphatic carbocycles. The smallest absolute Gasteiger partial charge is 0.0217 e. The minimum Gasteiger partial charge on any atom is -0.328 e. The second kappa shape index (κ2) is 5.99. The number of likely N-dealkylation sites (N-methyl/N-ethyl adjacent to an activating group) is 1. The van der Waals surface area contributed by atoms with E-state index in [0.29, 0.717) is 6.04 Å². The zero-order valence-electron chi connectivity index (χ0n) is 10.6. The second-order valence-electron chi connectivity index (χ2n) is 5.65. The third-order valence-electron chi connectivity index (χ3n) is 4.34. The van der Waals surface area contributed by atoms with Gasteiger partial charge in [-0.1, -0.05) is 6.42 Å². The molecule has 1 saturated carbocycles. The molecule has 1 aliphatic heterocycles. The van der Waals surface area contributed by atoms with Crippen molar-refractivity contribution < 1.29 is 0 Å². The number of hydrogen-bond acceptors (Lipinski definition) is 3. The van der Waals surface area contributed by atoms with E-state index in [9.17, 15) is 0 Å². The highest BCUT2D eigenvalue weighted by atomic mass is 15.2. The largest absolute Gasteiger partial charge is 0.328 e. The summed E-state index contributed by atoms with van der Waals surface area (Å²) < 4.78 is 0. The van der Waals surface area contributed by atoms with Gasteiger partial charge in [-0.2, -0.15) is 0 Å². The Morgan fingerprint density at radius 2 is 1.88 bits per heavy atom. The molecule has 1 unspecified atom stereocenters. The van der Waals surface area contributed by atoms with Crippen LogP contribution in [0.2, 0.25) is 0 Å². The summed E-state index contributed by atoms with van der Waals surface area (Å²) in [6.45, 7) is 2.46. The standard InChI is InChI=1S/C13H27N3/c1-16-9-3-2-4-13(16)10-15-12-7-5-11(14)6-8-12/h11-13,15H,2-10,14H2,1H3. The summed E-state index contributed by atoms with van der Waals surface area (Å²) in [6.07, 6.45) is 9.12. The summed E-state index contributed by atoms with van der Waals surface area (Å²) in [5.41, 5.74) is 5.92. The van der Waals surface area contributed by atoms with Crippen LogP contribution >= 0.6 is 0 Å². The molecule has 3 nitrogen and oxygen atoms in total. The van der Waals surface area contributed by atoms with Gasteiger partial charge < -0.3 is 16.0 Å². The van der Waals surface area contributed by atoms with Crippen LogP contribution in [0.1, 0.15) is 44.9 Å². The lowest BCUT2D eigenvalue weighted by atomic mass is 9.91. The zero-order chi connectivity index (χ0) is 11.4. The third-order valence-corrected chi connectivity index (χ3v) is 4.34. The molecule has 0 aromatic heterocycles. The first kappa shape index (κ1) is 12.3. The lowest BCUT2D eigenvalue weighted by Gasteiger charge is -2.35. The van der Waals surface area contributed by atoms with Gasteiger partial charge in [0.1, 0.15) is 0 Å². The Hall–Kier alpha value is -0.120. The summed E-state index contributed by atoms with van der Waals surface area (Å²) in [7, 11) is 2.27. The summed E-state index contributed by atoms with van der Waals surface area (Å²) in [6, 6.07) is 1.97. The molecule has 1 heterocycles. The van der Waals surface area contributed by atoms with Gasteiger partial charge in [-0.3, -0.25) is 0 Å². The first-order valence-electron chi connectivity index (χ1n) is 6.95. The molecule has 16 heavy (non-hydrogen) atoms. The molecule has 0 bridgehead atoms. The molecule has 2 rings (SSSR count). The van der Waals surface area contributed by atoms with Gasteiger partial charge in [-0.15, -0.1) is 0 Å². The molecule has 1 atom stereocenters. The van der Waals surface area contributed by atoms with Gasteiger partial charge in [-0.05, 0) is 52.1 Å². The predicted octanol–water partition coefficient (Wildman–Crippen LogP) is 1.33. The fraction of sp³-hybridized carbons (Fsp3) is 1.00. The highest BCUT2D eigenvalue weighted by molar-refractivity contribution is 4.82. The quantitative estimate of drug-likeness (QED) is 0.761. The molecule has 3 N–H and O–H groups in total. The van der Waals surface area contributed by atoms with E-state index in [2.05, 4.69) is 17.3 Å². The summed E-state index contributed by atoms with van der Waals surface area (Å²) >= 11 is 0. The normalized spacial score (nSPS) is 37.5. The number of nitrogens with two attached hydrogens (primary N) is 1. The minimum atomic E-state index is 0.468. The van der Waals surface area contributed by atoms with E-state index in [-0.39, 0.29) is 0 Å². The van der Waals surface area contributed by atoms with Crippen LogP contribution in [0, 0.1) is 0 Å².